The number of rotatable bonds is 1. The van der Waals surface area contributed by atoms with Gasteiger partial charge in [0.25, 0.3) is 0 Å². The Balaban J connectivity index is 0.000000845. The first-order chi connectivity index (χ1) is 5.88. The van der Waals surface area contributed by atoms with Crippen molar-refractivity contribution in [3.63, 3.8) is 0 Å². The molecule has 1 aliphatic rings. The van der Waals surface area contributed by atoms with Gasteiger partial charge in [-0.1, -0.05) is 18.2 Å². The van der Waals surface area contributed by atoms with Gasteiger partial charge in [0.15, 0.2) is 0 Å². The van der Waals surface area contributed by atoms with E-state index in [1.807, 2.05) is 12.1 Å². The van der Waals surface area contributed by atoms with E-state index in [1.54, 1.807) is 6.07 Å². The molecule has 1 N–H and O–H groups in total. The van der Waals surface area contributed by atoms with Crippen molar-refractivity contribution in [3.05, 3.63) is 35.6 Å². The molecule has 13 heavy (non-hydrogen) atoms. The average molecular weight is 202 g/mol. The molecular weight excluding hydrogens is 189 g/mol. The molecule has 0 unspecified atom stereocenters. The molecule has 72 valence electrons. The summed E-state index contributed by atoms with van der Waals surface area (Å²) in [6.07, 6.45) is 1.06. The molecular formula is C10H13ClFN. The van der Waals surface area contributed by atoms with Gasteiger partial charge >= 0.3 is 0 Å². The molecule has 0 aromatic heterocycles. The summed E-state index contributed by atoms with van der Waals surface area (Å²) < 4.78 is 13.2. The molecule has 0 amide bonds. The monoisotopic (exact) mass is 201 g/mol. The standard InChI is InChI=1S/C10H12FN.ClH/c11-10-4-2-1-3-9(10)8-5-6-12-7-8;/h1-4,8,12H,5-7H2;1H/t8-;/m1./s1. The zero-order valence-corrected chi connectivity index (χ0v) is 8.11. The van der Waals surface area contributed by atoms with E-state index in [0.29, 0.717) is 5.92 Å². The van der Waals surface area contributed by atoms with Gasteiger partial charge in [0.2, 0.25) is 0 Å². The normalized spacial score (nSPS) is 21.2. The molecule has 0 bridgehead atoms. The molecule has 1 aromatic carbocycles. The highest BCUT2D eigenvalue weighted by Gasteiger charge is 2.18. The predicted molar refractivity (Wildman–Crippen MR) is 53.9 cm³/mol. The third-order valence-electron chi connectivity index (χ3n) is 2.41. The Bertz CT molecular complexity index is 271. The third kappa shape index (κ3) is 2.20. The summed E-state index contributed by atoms with van der Waals surface area (Å²) in [5, 5.41) is 3.23. The minimum Gasteiger partial charge on any atom is -0.316 e. The van der Waals surface area contributed by atoms with Crippen molar-refractivity contribution in [1.29, 1.82) is 0 Å². The van der Waals surface area contributed by atoms with Gasteiger partial charge in [-0.3, -0.25) is 0 Å². The van der Waals surface area contributed by atoms with Crippen LogP contribution < -0.4 is 5.32 Å². The number of hydrogen-bond acceptors (Lipinski definition) is 1. The van der Waals surface area contributed by atoms with Gasteiger partial charge in [0.1, 0.15) is 5.82 Å². The molecule has 1 nitrogen and oxygen atoms in total. The van der Waals surface area contributed by atoms with Gasteiger partial charge in [-0.25, -0.2) is 4.39 Å². The van der Waals surface area contributed by atoms with E-state index in [9.17, 15) is 4.39 Å². The minimum absolute atomic E-state index is 0. The largest absolute Gasteiger partial charge is 0.316 e. The summed E-state index contributed by atoms with van der Waals surface area (Å²) in [5.74, 6) is 0.317. The second-order valence-electron chi connectivity index (χ2n) is 3.21. The van der Waals surface area contributed by atoms with Crippen LogP contribution in [0, 0.1) is 5.82 Å². The molecule has 0 saturated carbocycles. The van der Waals surface area contributed by atoms with Crippen LogP contribution in [0.2, 0.25) is 0 Å². The van der Waals surface area contributed by atoms with Crippen molar-refractivity contribution < 1.29 is 4.39 Å². The number of hydrogen-bond donors (Lipinski definition) is 1. The van der Waals surface area contributed by atoms with Crippen LogP contribution in [0.5, 0.6) is 0 Å². The molecule has 1 aromatic rings. The SMILES string of the molecule is Cl.Fc1ccccc1[C@@H]1CCNC1. The lowest BCUT2D eigenvalue weighted by atomic mass is 9.98. The predicted octanol–water partition coefficient (Wildman–Crippen LogP) is 2.32. The molecule has 3 heteroatoms. The van der Waals surface area contributed by atoms with Gasteiger partial charge in [0, 0.05) is 12.5 Å². The Labute approximate surface area is 83.8 Å². The van der Waals surface area contributed by atoms with Gasteiger partial charge in [-0.05, 0) is 24.6 Å². The van der Waals surface area contributed by atoms with Crippen LogP contribution in [0.25, 0.3) is 0 Å². The summed E-state index contributed by atoms with van der Waals surface area (Å²) in [7, 11) is 0. The fourth-order valence-corrected chi connectivity index (χ4v) is 1.73. The van der Waals surface area contributed by atoms with Crippen LogP contribution in [0.1, 0.15) is 17.9 Å². The van der Waals surface area contributed by atoms with Gasteiger partial charge in [-0.2, -0.15) is 0 Å². The maximum absolute atomic E-state index is 13.2. The Morgan fingerprint density at radius 2 is 2.08 bits per heavy atom. The van der Waals surface area contributed by atoms with Crippen LogP contribution in [0.4, 0.5) is 4.39 Å². The molecule has 1 heterocycles. The maximum atomic E-state index is 13.2. The first-order valence-electron chi connectivity index (χ1n) is 4.33. The second-order valence-corrected chi connectivity index (χ2v) is 3.21. The lowest BCUT2D eigenvalue weighted by molar-refractivity contribution is 0.588. The highest BCUT2D eigenvalue weighted by atomic mass is 35.5. The fraction of sp³-hybridized carbons (Fsp3) is 0.400. The van der Waals surface area contributed by atoms with E-state index in [1.165, 1.54) is 6.07 Å². The molecule has 1 saturated heterocycles. The quantitative estimate of drug-likeness (QED) is 0.736. The van der Waals surface area contributed by atoms with E-state index in [-0.39, 0.29) is 18.2 Å². The van der Waals surface area contributed by atoms with Crippen LogP contribution in [0.15, 0.2) is 24.3 Å². The van der Waals surface area contributed by atoms with Crippen molar-refractivity contribution in [2.24, 2.45) is 0 Å². The molecule has 1 aliphatic heterocycles. The lowest BCUT2D eigenvalue weighted by Gasteiger charge is -2.08. The molecule has 2 rings (SSSR count). The average Bonchev–Trinajstić information content (AvgIpc) is 2.57. The van der Waals surface area contributed by atoms with Crippen LogP contribution >= 0.6 is 12.4 Å². The molecule has 0 aliphatic carbocycles. The van der Waals surface area contributed by atoms with E-state index in [2.05, 4.69) is 5.32 Å². The Morgan fingerprint density at radius 3 is 2.69 bits per heavy atom. The van der Waals surface area contributed by atoms with Crippen molar-refractivity contribution in [2.75, 3.05) is 13.1 Å². The molecule has 1 atom stereocenters. The van der Waals surface area contributed by atoms with Crippen LogP contribution in [-0.4, -0.2) is 13.1 Å². The van der Waals surface area contributed by atoms with Gasteiger partial charge < -0.3 is 5.32 Å². The Kier molecular flexibility index (Phi) is 3.70. The van der Waals surface area contributed by atoms with Crippen molar-refractivity contribution in [2.45, 2.75) is 12.3 Å². The minimum atomic E-state index is -0.0637. The van der Waals surface area contributed by atoms with Gasteiger partial charge in [0.05, 0.1) is 0 Å². The summed E-state index contributed by atoms with van der Waals surface area (Å²) in [5.41, 5.74) is 0.863. The van der Waals surface area contributed by atoms with Crippen LogP contribution in [-0.2, 0) is 0 Å². The Morgan fingerprint density at radius 1 is 1.31 bits per heavy atom. The van der Waals surface area contributed by atoms with Crippen molar-refractivity contribution >= 4 is 12.4 Å². The number of nitrogens with one attached hydrogen (secondary N) is 1. The maximum Gasteiger partial charge on any atom is 0.126 e. The highest BCUT2D eigenvalue weighted by molar-refractivity contribution is 5.85. The molecule has 1 fully saturated rings. The third-order valence-corrected chi connectivity index (χ3v) is 2.41. The summed E-state index contributed by atoms with van der Waals surface area (Å²) in [4.78, 5) is 0. The van der Waals surface area contributed by atoms with Crippen LogP contribution in [0.3, 0.4) is 0 Å². The first kappa shape index (κ1) is 10.5. The molecule has 0 spiro atoms. The van der Waals surface area contributed by atoms with E-state index < -0.39 is 0 Å². The second kappa shape index (κ2) is 4.58. The van der Waals surface area contributed by atoms with Gasteiger partial charge in [-0.15, -0.1) is 12.4 Å². The summed E-state index contributed by atoms with van der Waals surface area (Å²) in [6.45, 7) is 1.93. The van der Waals surface area contributed by atoms with Crippen molar-refractivity contribution in [3.8, 4) is 0 Å². The van der Waals surface area contributed by atoms with E-state index >= 15 is 0 Å². The number of benzene rings is 1. The Hall–Kier alpha value is -0.600. The summed E-state index contributed by atoms with van der Waals surface area (Å²) in [6, 6.07) is 7.05. The first-order valence-corrected chi connectivity index (χ1v) is 4.33. The number of halogens is 2. The molecule has 0 radical (unpaired) electrons. The fourth-order valence-electron chi connectivity index (χ4n) is 1.73. The van der Waals surface area contributed by atoms with E-state index in [4.69, 9.17) is 0 Å². The van der Waals surface area contributed by atoms with E-state index in [0.717, 1.165) is 25.1 Å². The summed E-state index contributed by atoms with van der Waals surface area (Å²) >= 11 is 0. The topological polar surface area (TPSA) is 12.0 Å². The zero-order valence-electron chi connectivity index (χ0n) is 7.29. The lowest BCUT2D eigenvalue weighted by Crippen LogP contribution is -2.08. The highest BCUT2D eigenvalue weighted by Crippen LogP contribution is 2.24. The zero-order chi connectivity index (χ0) is 8.39. The smallest absolute Gasteiger partial charge is 0.126 e. The van der Waals surface area contributed by atoms with Crippen molar-refractivity contribution in [1.82, 2.24) is 5.32 Å².